The number of rotatable bonds is 3. The maximum Gasteiger partial charge on any atom is 0.255 e. The van der Waals surface area contributed by atoms with Crippen molar-refractivity contribution in [1.29, 1.82) is 0 Å². The normalized spacial score (nSPS) is 16.0. The third kappa shape index (κ3) is 3.48. The second-order valence-electron chi connectivity index (χ2n) is 7.41. The van der Waals surface area contributed by atoms with Crippen LogP contribution in [0.4, 0.5) is 14.5 Å². The van der Waals surface area contributed by atoms with Gasteiger partial charge in [-0.1, -0.05) is 6.07 Å². The van der Waals surface area contributed by atoms with Crippen molar-refractivity contribution in [2.24, 2.45) is 0 Å². The number of carbonyl (C=O) groups is 1. The second-order valence-corrected chi connectivity index (χ2v) is 7.41. The van der Waals surface area contributed by atoms with E-state index in [-0.39, 0.29) is 34.9 Å². The molecule has 2 N–H and O–H groups in total. The Hall–Kier alpha value is -3.22. The highest BCUT2D eigenvalue weighted by Crippen LogP contribution is 2.32. The van der Waals surface area contributed by atoms with Crippen LogP contribution >= 0.6 is 0 Å². The van der Waals surface area contributed by atoms with E-state index in [4.69, 9.17) is 0 Å². The van der Waals surface area contributed by atoms with Gasteiger partial charge in [0.15, 0.2) is 0 Å². The number of carbonyl (C=O) groups excluding carboxylic acids is 1. The van der Waals surface area contributed by atoms with Gasteiger partial charge in [-0.05, 0) is 61.0 Å². The minimum absolute atomic E-state index is 0.126. The van der Waals surface area contributed by atoms with Gasteiger partial charge in [-0.15, -0.1) is 0 Å². The number of aromatic nitrogens is 1. The zero-order chi connectivity index (χ0) is 20.7. The monoisotopic (exact) mass is 397 g/mol. The van der Waals surface area contributed by atoms with Gasteiger partial charge in [0, 0.05) is 18.3 Å². The average molecular weight is 397 g/mol. The number of hydrogen-bond donors (Lipinski definition) is 2. The molecule has 3 aromatic rings. The Balaban J connectivity index is 1.52. The highest BCUT2D eigenvalue weighted by atomic mass is 19.1. The lowest BCUT2D eigenvalue weighted by Crippen LogP contribution is -2.42. The molecule has 1 amide bonds. The van der Waals surface area contributed by atoms with Crippen molar-refractivity contribution in [3.8, 4) is 0 Å². The molecule has 0 radical (unpaired) electrons. The molecule has 1 atom stereocenters. The summed E-state index contributed by atoms with van der Waals surface area (Å²) in [6.45, 7) is 4.00. The van der Waals surface area contributed by atoms with E-state index < -0.39 is 11.9 Å². The Bertz CT molecular complexity index is 1170. The standard InChI is InChI=1S/C22H21F2N3O2/c1-12-7-15-4-6-27(13(2)21(15)18(24)8-12)20(28)11-26-19-9-14-3-5-25-22(29)16(14)10-17(19)23/h3,5,7-10,13,26H,4,6,11H2,1-2H3,(H,25,29). The smallest absolute Gasteiger partial charge is 0.255 e. The third-order valence-electron chi connectivity index (χ3n) is 5.48. The molecule has 0 saturated carbocycles. The molecule has 4 rings (SSSR count). The molecule has 1 unspecified atom stereocenters. The lowest BCUT2D eigenvalue weighted by molar-refractivity contribution is -0.131. The summed E-state index contributed by atoms with van der Waals surface area (Å²) < 4.78 is 28.8. The maximum atomic E-state index is 14.5. The van der Waals surface area contributed by atoms with E-state index in [0.29, 0.717) is 23.9 Å². The van der Waals surface area contributed by atoms with E-state index in [9.17, 15) is 18.4 Å². The number of halogens is 2. The van der Waals surface area contributed by atoms with E-state index in [0.717, 1.165) is 17.2 Å². The summed E-state index contributed by atoms with van der Waals surface area (Å²) in [5.41, 5.74) is 2.11. The van der Waals surface area contributed by atoms with E-state index in [1.807, 2.05) is 13.0 Å². The minimum atomic E-state index is -0.611. The molecule has 7 heteroatoms. The first-order valence-electron chi connectivity index (χ1n) is 9.48. The first kappa shape index (κ1) is 19.1. The number of fused-ring (bicyclic) bond motifs is 2. The predicted molar refractivity (Wildman–Crippen MR) is 108 cm³/mol. The van der Waals surface area contributed by atoms with Gasteiger partial charge >= 0.3 is 0 Å². The van der Waals surface area contributed by atoms with Crippen molar-refractivity contribution in [1.82, 2.24) is 9.88 Å². The number of aryl methyl sites for hydroxylation is 1. The molecule has 2 heterocycles. The van der Waals surface area contributed by atoms with Gasteiger partial charge in [-0.3, -0.25) is 9.59 Å². The Kier molecular flexibility index (Phi) is 4.82. The van der Waals surface area contributed by atoms with Crippen LogP contribution in [-0.4, -0.2) is 28.9 Å². The third-order valence-corrected chi connectivity index (χ3v) is 5.48. The Labute approximate surface area is 166 Å². The van der Waals surface area contributed by atoms with Crippen LogP contribution in [0.15, 0.2) is 41.3 Å². The quantitative estimate of drug-likeness (QED) is 0.709. The summed E-state index contributed by atoms with van der Waals surface area (Å²) in [6.07, 6.45) is 2.07. The highest BCUT2D eigenvalue weighted by molar-refractivity contribution is 5.87. The number of nitrogens with zero attached hydrogens (tertiary/aromatic N) is 1. The molecule has 5 nitrogen and oxygen atoms in total. The van der Waals surface area contributed by atoms with Crippen LogP contribution in [0.25, 0.3) is 10.8 Å². The van der Waals surface area contributed by atoms with Crippen molar-refractivity contribution in [2.45, 2.75) is 26.3 Å². The summed E-state index contributed by atoms with van der Waals surface area (Å²) in [6, 6.07) is 7.36. The number of amides is 1. The largest absolute Gasteiger partial charge is 0.374 e. The topological polar surface area (TPSA) is 65.2 Å². The van der Waals surface area contributed by atoms with Gasteiger partial charge in [-0.2, -0.15) is 0 Å². The summed E-state index contributed by atoms with van der Waals surface area (Å²) >= 11 is 0. The van der Waals surface area contributed by atoms with Crippen LogP contribution in [0, 0.1) is 18.6 Å². The second kappa shape index (κ2) is 7.31. The zero-order valence-electron chi connectivity index (χ0n) is 16.2. The van der Waals surface area contributed by atoms with Crippen LogP contribution < -0.4 is 10.9 Å². The van der Waals surface area contributed by atoms with Crippen molar-refractivity contribution in [3.63, 3.8) is 0 Å². The summed E-state index contributed by atoms with van der Waals surface area (Å²) in [7, 11) is 0. The van der Waals surface area contributed by atoms with Crippen LogP contribution in [0.1, 0.15) is 29.7 Å². The van der Waals surface area contributed by atoms with Gasteiger partial charge in [0.25, 0.3) is 5.56 Å². The molecule has 29 heavy (non-hydrogen) atoms. The number of nitrogens with one attached hydrogen (secondary N) is 2. The van der Waals surface area contributed by atoms with Crippen molar-refractivity contribution in [2.75, 3.05) is 18.4 Å². The van der Waals surface area contributed by atoms with Crippen molar-refractivity contribution >= 4 is 22.4 Å². The van der Waals surface area contributed by atoms with E-state index in [1.54, 1.807) is 17.9 Å². The zero-order valence-corrected chi connectivity index (χ0v) is 16.2. The summed E-state index contributed by atoms with van der Waals surface area (Å²) in [5.74, 6) is -1.15. The number of benzene rings is 2. The molecule has 0 bridgehead atoms. The first-order chi connectivity index (χ1) is 13.8. The fraction of sp³-hybridized carbons (Fsp3) is 0.273. The van der Waals surface area contributed by atoms with Crippen LogP contribution in [0.3, 0.4) is 0 Å². The Morgan fingerprint density at radius 3 is 2.83 bits per heavy atom. The molecule has 150 valence electrons. The van der Waals surface area contributed by atoms with Gasteiger partial charge in [0.1, 0.15) is 11.6 Å². The molecule has 1 aromatic heterocycles. The van der Waals surface area contributed by atoms with E-state index in [2.05, 4.69) is 10.3 Å². The molecule has 2 aromatic carbocycles. The Morgan fingerprint density at radius 2 is 2.03 bits per heavy atom. The number of aromatic amines is 1. The molecule has 0 saturated heterocycles. The number of anilines is 1. The Morgan fingerprint density at radius 1 is 1.24 bits per heavy atom. The maximum absolute atomic E-state index is 14.5. The van der Waals surface area contributed by atoms with Gasteiger partial charge < -0.3 is 15.2 Å². The molecule has 0 aliphatic carbocycles. The van der Waals surface area contributed by atoms with E-state index in [1.165, 1.54) is 18.3 Å². The summed E-state index contributed by atoms with van der Waals surface area (Å²) in [4.78, 5) is 28.6. The number of pyridine rings is 1. The predicted octanol–water partition coefficient (Wildman–Crippen LogP) is 3.67. The molecule has 1 aliphatic rings. The SMILES string of the molecule is Cc1cc(F)c2c(c1)CCN(C(=O)CNc1cc3cc[nH]c(=O)c3cc1F)C2C. The van der Waals surface area contributed by atoms with Gasteiger partial charge in [0.05, 0.1) is 23.7 Å². The molecule has 0 spiro atoms. The molecular formula is C22H21F2N3O2. The summed E-state index contributed by atoms with van der Waals surface area (Å²) in [5, 5.41) is 3.63. The minimum Gasteiger partial charge on any atom is -0.374 e. The fourth-order valence-corrected chi connectivity index (χ4v) is 4.05. The van der Waals surface area contributed by atoms with Crippen molar-refractivity contribution < 1.29 is 13.6 Å². The lowest BCUT2D eigenvalue weighted by Gasteiger charge is -2.36. The van der Waals surface area contributed by atoms with E-state index >= 15 is 0 Å². The van der Waals surface area contributed by atoms with Gasteiger partial charge in [0.2, 0.25) is 5.91 Å². The van der Waals surface area contributed by atoms with Crippen LogP contribution in [0.2, 0.25) is 0 Å². The highest BCUT2D eigenvalue weighted by Gasteiger charge is 2.30. The lowest BCUT2D eigenvalue weighted by atomic mass is 9.91. The first-order valence-corrected chi connectivity index (χ1v) is 9.48. The number of H-pyrrole nitrogens is 1. The van der Waals surface area contributed by atoms with Crippen molar-refractivity contribution in [3.05, 3.63) is 75.2 Å². The molecule has 1 aliphatic heterocycles. The molecule has 0 fully saturated rings. The molecular weight excluding hydrogens is 376 g/mol. The van der Waals surface area contributed by atoms with Gasteiger partial charge in [-0.25, -0.2) is 8.78 Å². The van der Waals surface area contributed by atoms with Crippen LogP contribution in [-0.2, 0) is 11.2 Å². The van der Waals surface area contributed by atoms with Crippen LogP contribution in [0.5, 0.6) is 0 Å². The average Bonchev–Trinajstić information content (AvgIpc) is 2.66. The fourth-order valence-electron chi connectivity index (χ4n) is 4.05. The number of hydrogen-bond acceptors (Lipinski definition) is 3.